The third-order valence-electron chi connectivity index (χ3n) is 5.76. The van der Waals surface area contributed by atoms with Gasteiger partial charge >= 0.3 is 0 Å². The van der Waals surface area contributed by atoms with E-state index in [1.165, 1.54) is 0 Å². The van der Waals surface area contributed by atoms with Crippen molar-refractivity contribution in [2.75, 3.05) is 13.7 Å². The Kier molecular flexibility index (Phi) is 4.60. The molecule has 4 rings (SSSR count). The van der Waals surface area contributed by atoms with Crippen molar-refractivity contribution in [2.24, 2.45) is 5.92 Å². The highest BCUT2D eigenvalue weighted by Crippen LogP contribution is 2.39. The maximum atomic E-state index is 13.1. The van der Waals surface area contributed by atoms with Gasteiger partial charge in [-0.05, 0) is 61.6 Å². The number of carbonyl (C=O) groups excluding carboxylic acids is 2. The second kappa shape index (κ2) is 7.06. The topological polar surface area (TPSA) is 58.6 Å². The second-order valence-electron chi connectivity index (χ2n) is 7.49. The van der Waals surface area contributed by atoms with Crippen molar-refractivity contribution in [1.82, 2.24) is 10.2 Å². The van der Waals surface area contributed by atoms with Gasteiger partial charge < -0.3 is 15.0 Å². The fraction of sp³-hybridized carbons (Fsp3) is 0.364. The minimum atomic E-state index is -0.0684. The maximum Gasteiger partial charge on any atom is 0.254 e. The summed E-state index contributed by atoms with van der Waals surface area (Å²) in [7, 11) is 1.62. The molecule has 1 saturated heterocycles. The average molecular weight is 364 g/mol. The molecule has 0 spiro atoms. The molecule has 3 atom stereocenters. The van der Waals surface area contributed by atoms with Gasteiger partial charge in [0.1, 0.15) is 5.75 Å². The van der Waals surface area contributed by atoms with Crippen molar-refractivity contribution >= 4 is 11.8 Å². The van der Waals surface area contributed by atoms with Crippen molar-refractivity contribution < 1.29 is 14.3 Å². The van der Waals surface area contributed by atoms with E-state index in [4.69, 9.17) is 4.74 Å². The third kappa shape index (κ3) is 3.29. The number of fused-ring (bicyclic) bond motifs is 2. The molecule has 2 fully saturated rings. The number of benzene rings is 2. The van der Waals surface area contributed by atoms with Gasteiger partial charge in [0.2, 0.25) is 0 Å². The van der Waals surface area contributed by atoms with E-state index in [2.05, 4.69) is 5.32 Å². The van der Waals surface area contributed by atoms with Crippen LogP contribution in [0.3, 0.4) is 0 Å². The van der Waals surface area contributed by atoms with Crippen molar-refractivity contribution in [2.45, 2.75) is 31.8 Å². The highest BCUT2D eigenvalue weighted by atomic mass is 16.5. The number of methoxy groups -OCH3 is 1. The van der Waals surface area contributed by atoms with E-state index in [1.807, 2.05) is 60.4 Å². The van der Waals surface area contributed by atoms with Crippen LogP contribution in [0.25, 0.3) is 0 Å². The van der Waals surface area contributed by atoms with Gasteiger partial charge in [-0.15, -0.1) is 0 Å². The molecule has 0 radical (unpaired) electrons. The summed E-state index contributed by atoms with van der Waals surface area (Å²) in [6.45, 7) is 2.70. The number of ether oxygens (including phenoxy) is 1. The molecule has 2 aromatic carbocycles. The first kappa shape index (κ1) is 17.6. The van der Waals surface area contributed by atoms with Gasteiger partial charge in [-0.1, -0.05) is 18.2 Å². The molecule has 2 bridgehead atoms. The lowest BCUT2D eigenvalue weighted by Gasteiger charge is -2.34. The Morgan fingerprint density at radius 2 is 1.89 bits per heavy atom. The number of nitrogens with zero attached hydrogens (tertiary/aromatic N) is 1. The van der Waals surface area contributed by atoms with E-state index in [0.29, 0.717) is 17.0 Å². The van der Waals surface area contributed by atoms with Crippen LogP contribution in [0.1, 0.15) is 39.1 Å². The number of hydrogen-bond acceptors (Lipinski definition) is 3. The van der Waals surface area contributed by atoms with Gasteiger partial charge in [-0.3, -0.25) is 9.59 Å². The molecule has 5 nitrogen and oxygen atoms in total. The molecule has 0 aromatic heterocycles. The molecule has 1 heterocycles. The lowest BCUT2D eigenvalue weighted by atomic mass is 10.0. The average Bonchev–Trinajstić information content (AvgIpc) is 3.28. The van der Waals surface area contributed by atoms with Crippen LogP contribution in [0.5, 0.6) is 5.75 Å². The zero-order chi connectivity index (χ0) is 19.0. The molecule has 1 N–H and O–H groups in total. The maximum absolute atomic E-state index is 13.1. The SMILES string of the molecule is COc1ccc(C(=O)N2CC3CC(NC(=O)c4ccccc4)C2C3)c(C)c1. The van der Waals surface area contributed by atoms with Crippen LogP contribution < -0.4 is 10.1 Å². The van der Waals surface area contributed by atoms with Crippen LogP contribution in [-0.4, -0.2) is 42.5 Å². The van der Waals surface area contributed by atoms with Crippen LogP contribution >= 0.6 is 0 Å². The standard InChI is InChI=1S/C22H24N2O3/c1-14-10-17(27-2)8-9-18(14)22(26)24-13-15-11-19(20(24)12-15)23-21(25)16-6-4-3-5-7-16/h3-10,15,19-20H,11-13H2,1-2H3,(H,23,25). The predicted molar refractivity (Wildman–Crippen MR) is 103 cm³/mol. The van der Waals surface area contributed by atoms with E-state index >= 15 is 0 Å². The van der Waals surface area contributed by atoms with Gasteiger partial charge in [0.15, 0.2) is 0 Å². The van der Waals surface area contributed by atoms with E-state index in [-0.39, 0.29) is 23.9 Å². The number of amides is 2. The van der Waals surface area contributed by atoms with E-state index in [0.717, 1.165) is 30.7 Å². The first-order valence-electron chi connectivity index (χ1n) is 9.38. The number of rotatable bonds is 4. The molecular weight excluding hydrogens is 340 g/mol. The largest absolute Gasteiger partial charge is 0.497 e. The zero-order valence-electron chi connectivity index (χ0n) is 15.6. The summed E-state index contributed by atoms with van der Waals surface area (Å²) in [5.41, 5.74) is 2.27. The number of likely N-dealkylation sites (tertiary alicyclic amines) is 1. The van der Waals surface area contributed by atoms with Crippen LogP contribution in [0.15, 0.2) is 48.5 Å². The Balaban J connectivity index is 1.49. The smallest absolute Gasteiger partial charge is 0.254 e. The predicted octanol–water partition coefficient (Wildman–Crippen LogP) is 3.04. The summed E-state index contributed by atoms with van der Waals surface area (Å²) in [5, 5.41) is 3.14. The number of nitrogens with one attached hydrogen (secondary N) is 1. The molecule has 1 aliphatic heterocycles. The quantitative estimate of drug-likeness (QED) is 0.907. The van der Waals surface area contributed by atoms with Crippen LogP contribution in [0.4, 0.5) is 0 Å². The molecule has 2 amide bonds. The molecule has 1 aliphatic carbocycles. The van der Waals surface area contributed by atoms with Gasteiger partial charge in [0, 0.05) is 23.7 Å². The van der Waals surface area contributed by atoms with Crippen molar-refractivity contribution in [3.05, 3.63) is 65.2 Å². The molecule has 5 heteroatoms. The minimum absolute atomic E-state index is 0.0129. The number of aryl methyl sites for hydroxylation is 1. The van der Waals surface area contributed by atoms with E-state index in [9.17, 15) is 9.59 Å². The summed E-state index contributed by atoms with van der Waals surface area (Å²) in [5.74, 6) is 1.18. The summed E-state index contributed by atoms with van der Waals surface area (Å²) in [4.78, 5) is 27.6. The van der Waals surface area contributed by atoms with E-state index in [1.54, 1.807) is 7.11 Å². The molecule has 1 saturated carbocycles. The molecule has 3 unspecified atom stereocenters. The lowest BCUT2D eigenvalue weighted by molar-refractivity contribution is 0.0648. The van der Waals surface area contributed by atoms with E-state index < -0.39 is 0 Å². The number of carbonyl (C=O) groups is 2. The van der Waals surface area contributed by atoms with Gasteiger partial charge in [0.25, 0.3) is 11.8 Å². The summed E-state index contributed by atoms with van der Waals surface area (Å²) in [6, 6.07) is 14.9. The molecular formula is C22H24N2O3. The fourth-order valence-corrected chi connectivity index (χ4v) is 4.41. The summed E-state index contributed by atoms with van der Waals surface area (Å²) in [6.07, 6.45) is 1.90. The van der Waals surface area contributed by atoms with Crippen molar-refractivity contribution in [3.63, 3.8) is 0 Å². The Labute approximate surface area is 159 Å². The van der Waals surface area contributed by atoms with Crippen LogP contribution in [-0.2, 0) is 0 Å². The normalized spacial score (nSPS) is 23.3. The Bertz CT molecular complexity index is 865. The van der Waals surface area contributed by atoms with Crippen molar-refractivity contribution in [3.8, 4) is 5.75 Å². The van der Waals surface area contributed by atoms with Crippen LogP contribution in [0.2, 0.25) is 0 Å². The lowest BCUT2D eigenvalue weighted by Crippen LogP contribution is -2.52. The first-order valence-corrected chi connectivity index (χ1v) is 9.38. The molecule has 27 heavy (non-hydrogen) atoms. The van der Waals surface area contributed by atoms with Crippen LogP contribution in [0, 0.1) is 12.8 Å². The number of hydrogen-bond donors (Lipinski definition) is 1. The fourth-order valence-electron chi connectivity index (χ4n) is 4.41. The molecule has 2 aliphatic rings. The first-order chi connectivity index (χ1) is 13.1. The Morgan fingerprint density at radius 3 is 2.56 bits per heavy atom. The summed E-state index contributed by atoms with van der Waals surface area (Å²) >= 11 is 0. The summed E-state index contributed by atoms with van der Waals surface area (Å²) < 4.78 is 5.24. The Hall–Kier alpha value is -2.82. The molecule has 2 aromatic rings. The highest BCUT2D eigenvalue weighted by molar-refractivity contribution is 5.97. The Morgan fingerprint density at radius 1 is 1.11 bits per heavy atom. The van der Waals surface area contributed by atoms with Gasteiger partial charge in [-0.2, -0.15) is 0 Å². The number of piperidine rings is 1. The van der Waals surface area contributed by atoms with Gasteiger partial charge in [-0.25, -0.2) is 0 Å². The van der Waals surface area contributed by atoms with Crippen molar-refractivity contribution in [1.29, 1.82) is 0 Å². The highest BCUT2D eigenvalue weighted by Gasteiger charge is 2.47. The van der Waals surface area contributed by atoms with Gasteiger partial charge in [0.05, 0.1) is 13.2 Å². The zero-order valence-corrected chi connectivity index (χ0v) is 15.6. The monoisotopic (exact) mass is 364 g/mol. The second-order valence-corrected chi connectivity index (χ2v) is 7.49. The molecule has 140 valence electrons. The minimum Gasteiger partial charge on any atom is -0.497 e. The third-order valence-corrected chi connectivity index (χ3v) is 5.76.